The smallest absolute Gasteiger partial charge is 0.191 e. The zero-order valence-electron chi connectivity index (χ0n) is 15.4. The molecular weight excluding hydrogens is 433 g/mol. The van der Waals surface area contributed by atoms with Crippen molar-refractivity contribution in [1.29, 1.82) is 0 Å². The van der Waals surface area contributed by atoms with E-state index in [0.717, 1.165) is 25.1 Å². The molecule has 0 fully saturated rings. The number of nitrogens with one attached hydrogen (secondary N) is 2. The van der Waals surface area contributed by atoms with Gasteiger partial charge in [-0.2, -0.15) is 0 Å². The second kappa shape index (κ2) is 15.4. The number of ether oxygens (including phenoxy) is 2. The number of rotatable bonds is 11. The van der Waals surface area contributed by atoms with Crippen molar-refractivity contribution in [3.8, 4) is 0 Å². The van der Waals surface area contributed by atoms with Crippen LogP contribution in [0.4, 0.5) is 0 Å². The van der Waals surface area contributed by atoms with E-state index in [1.165, 1.54) is 0 Å². The second-order valence-electron chi connectivity index (χ2n) is 5.53. The van der Waals surface area contributed by atoms with E-state index >= 15 is 0 Å². The quantitative estimate of drug-likeness (QED) is 0.203. The lowest BCUT2D eigenvalue weighted by atomic mass is 10.1. The molecule has 2 unspecified atom stereocenters. The zero-order chi connectivity index (χ0) is 17.6. The van der Waals surface area contributed by atoms with Crippen LogP contribution in [0.15, 0.2) is 35.3 Å². The lowest BCUT2D eigenvalue weighted by molar-refractivity contribution is 0.00111. The first-order valence-corrected chi connectivity index (χ1v) is 8.53. The molecular formula is C18H32IN3O3. The highest BCUT2D eigenvalue weighted by molar-refractivity contribution is 14.0. The first kappa shape index (κ1) is 24.1. The van der Waals surface area contributed by atoms with Gasteiger partial charge in [0.15, 0.2) is 5.96 Å². The summed E-state index contributed by atoms with van der Waals surface area (Å²) in [4.78, 5) is 4.39. The van der Waals surface area contributed by atoms with E-state index in [9.17, 15) is 5.11 Å². The van der Waals surface area contributed by atoms with Crippen LogP contribution >= 0.6 is 24.0 Å². The fourth-order valence-electron chi connectivity index (χ4n) is 2.09. The molecule has 25 heavy (non-hydrogen) atoms. The molecule has 0 aromatic heterocycles. The van der Waals surface area contributed by atoms with E-state index in [1.54, 1.807) is 7.11 Å². The molecule has 0 aliphatic rings. The number of aliphatic imine (C=N–C) groups is 1. The lowest BCUT2D eigenvalue weighted by Crippen LogP contribution is -2.39. The van der Waals surface area contributed by atoms with Gasteiger partial charge in [-0.3, -0.25) is 4.99 Å². The van der Waals surface area contributed by atoms with Crippen LogP contribution in [0.1, 0.15) is 31.9 Å². The Morgan fingerprint density at radius 3 is 2.60 bits per heavy atom. The van der Waals surface area contributed by atoms with Crippen LogP contribution in [-0.4, -0.2) is 57.1 Å². The average Bonchev–Trinajstić information content (AvgIpc) is 2.61. The number of nitrogens with zero attached hydrogens (tertiary/aromatic N) is 1. The summed E-state index contributed by atoms with van der Waals surface area (Å²) in [6.45, 7) is 6.79. The molecule has 1 aromatic carbocycles. The molecule has 0 radical (unpaired) electrons. The fourth-order valence-corrected chi connectivity index (χ4v) is 2.09. The number of methoxy groups -OCH3 is 1. The summed E-state index contributed by atoms with van der Waals surface area (Å²) in [5.41, 5.74) is 1.10. The van der Waals surface area contributed by atoms with Gasteiger partial charge in [0.1, 0.15) is 0 Å². The molecule has 0 bridgehead atoms. The van der Waals surface area contributed by atoms with E-state index < -0.39 is 6.10 Å². The maximum atomic E-state index is 10.1. The highest BCUT2D eigenvalue weighted by Gasteiger charge is 2.09. The van der Waals surface area contributed by atoms with Crippen molar-refractivity contribution in [2.24, 2.45) is 4.99 Å². The molecule has 0 aliphatic heterocycles. The maximum absolute atomic E-state index is 10.1. The number of guanidine groups is 1. The van der Waals surface area contributed by atoms with E-state index in [1.807, 2.05) is 44.2 Å². The number of aliphatic hydroxyl groups excluding tert-OH is 1. The molecule has 0 saturated carbocycles. The Bertz CT molecular complexity index is 460. The largest absolute Gasteiger partial charge is 0.389 e. The van der Waals surface area contributed by atoms with E-state index in [2.05, 4.69) is 15.6 Å². The third-order valence-corrected chi connectivity index (χ3v) is 3.43. The van der Waals surface area contributed by atoms with Crippen molar-refractivity contribution < 1.29 is 14.6 Å². The molecule has 1 aromatic rings. The molecule has 2 atom stereocenters. The average molecular weight is 465 g/mol. The van der Waals surface area contributed by atoms with Gasteiger partial charge in [0.2, 0.25) is 0 Å². The standard InChI is InChI=1S/C18H31N3O3.HI/c1-4-19-18(20-11-8-12-23-3)21-13-17(22)14-24-15(2)16-9-6-5-7-10-16;/h5-7,9-10,15,17,22H,4,8,11-14H2,1-3H3,(H2,19,20,21);1H. The van der Waals surface area contributed by atoms with Crippen LogP contribution in [0.5, 0.6) is 0 Å². The number of aliphatic hydroxyl groups is 1. The van der Waals surface area contributed by atoms with E-state index in [4.69, 9.17) is 9.47 Å². The second-order valence-corrected chi connectivity index (χ2v) is 5.53. The molecule has 7 heteroatoms. The Hall–Kier alpha value is -0.900. The van der Waals surface area contributed by atoms with Gasteiger partial charge in [0.25, 0.3) is 0 Å². The van der Waals surface area contributed by atoms with E-state index in [-0.39, 0.29) is 36.7 Å². The third-order valence-electron chi connectivity index (χ3n) is 3.43. The van der Waals surface area contributed by atoms with Gasteiger partial charge in [-0.15, -0.1) is 24.0 Å². The summed E-state index contributed by atoms with van der Waals surface area (Å²) < 4.78 is 10.7. The third kappa shape index (κ3) is 11.4. The van der Waals surface area contributed by atoms with Crippen LogP contribution in [0.2, 0.25) is 0 Å². The Kier molecular flexibility index (Phi) is 14.8. The number of benzene rings is 1. The minimum Gasteiger partial charge on any atom is -0.389 e. The lowest BCUT2D eigenvalue weighted by Gasteiger charge is -2.16. The normalized spacial score (nSPS) is 13.7. The van der Waals surface area contributed by atoms with Crippen LogP contribution < -0.4 is 10.6 Å². The van der Waals surface area contributed by atoms with Gasteiger partial charge in [0.05, 0.1) is 25.4 Å². The van der Waals surface area contributed by atoms with Crippen LogP contribution in [-0.2, 0) is 9.47 Å². The highest BCUT2D eigenvalue weighted by atomic mass is 127. The summed E-state index contributed by atoms with van der Waals surface area (Å²) in [7, 11) is 1.69. The van der Waals surface area contributed by atoms with Crippen LogP contribution in [0.3, 0.4) is 0 Å². The summed E-state index contributed by atoms with van der Waals surface area (Å²) in [6, 6.07) is 9.97. The molecule has 0 spiro atoms. The molecule has 6 nitrogen and oxygen atoms in total. The topological polar surface area (TPSA) is 75.1 Å². The van der Waals surface area contributed by atoms with E-state index in [0.29, 0.717) is 19.1 Å². The Labute approximate surface area is 168 Å². The van der Waals surface area contributed by atoms with Crippen LogP contribution in [0.25, 0.3) is 0 Å². The summed E-state index contributed by atoms with van der Waals surface area (Å²) >= 11 is 0. The summed E-state index contributed by atoms with van der Waals surface area (Å²) in [5.74, 6) is 0.698. The molecule has 0 heterocycles. The fraction of sp³-hybridized carbons (Fsp3) is 0.611. The highest BCUT2D eigenvalue weighted by Crippen LogP contribution is 2.15. The van der Waals surface area contributed by atoms with Crippen molar-refractivity contribution in [3.05, 3.63) is 35.9 Å². The minimum atomic E-state index is -0.634. The summed E-state index contributed by atoms with van der Waals surface area (Å²) in [5, 5.41) is 16.4. The Morgan fingerprint density at radius 2 is 1.96 bits per heavy atom. The van der Waals surface area contributed by atoms with Gasteiger partial charge < -0.3 is 25.2 Å². The number of hydrogen-bond donors (Lipinski definition) is 3. The van der Waals surface area contributed by atoms with Crippen molar-refractivity contribution in [2.75, 3.05) is 40.0 Å². The molecule has 0 amide bonds. The monoisotopic (exact) mass is 465 g/mol. The van der Waals surface area contributed by atoms with Crippen molar-refractivity contribution in [3.63, 3.8) is 0 Å². The van der Waals surface area contributed by atoms with Crippen molar-refractivity contribution in [2.45, 2.75) is 32.5 Å². The molecule has 3 N–H and O–H groups in total. The predicted octanol–water partition coefficient (Wildman–Crippen LogP) is 2.33. The number of hydrogen-bond acceptors (Lipinski definition) is 4. The van der Waals surface area contributed by atoms with Crippen LogP contribution in [0, 0.1) is 0 Å². The van der Waals surface area contributed by atoms with Gasteiger partial charge in [-0.05, 0) is 25.8 Å². The van der Waals surface area contributed by atoms with Gasteiger partial charge in [-0.1, -0.05) is 30.3 Å². The summed E-state index contributed by atoms with van der Waals surface area (Å²) in [6.07, 6.45) is 0.220. The first-order chi connectivity index (χ1) is 11.7. The molecule has 1 rings (SSSR count). The van der Waals surface area contributed by atoms with Gasteiger partial charge >= 0.3 is 0 Å². The predicted molar refractivity (Wildman–Crippen MR) is 113 cm³/mol. The van der Waals surface area contributed by atoms with Gasteiger partial charge in [-0.25, -0.2) is 0 Å². The number of halogens is 1. The molecule has 144 valence electrons. The Morgan fingerprint density at radius 1 is 1.24 bits per heavy atom. The maximum Gasteiger partial charge on any atom is 0.191 e. The Balaban J connectivity index is 0.00000576. The zero-order valence-corrected chi connectivity index (χ0v) is 17.7. The van der Waals surface area contributed by atoms with Crippen molar-refractivity contribution >= 4 is 29.9 Å². The molecule has 0 saturated heterocycles. The molecule has 0 aliphatic carbocycles. The first-order valence-electron chi connectivity index (χ1n) is 8.53. The minimum absolute atomic E-state index is 0. The van der Waals surface area contributed by atoms with Gasteiger partial charge in [0, 0.05) is 26.8 Å². The van der Waals surface area contributed by atoms with Crippen molar-refractivity contribution in [1.82, 2.24) is 10.6 Å². The SMILES string of the molecule is CCNC(=NCC(O)COC(C)c1ccccc1)NCCCOC.I.